The van der Waals surface area contributed by atoms with Crippen molar-refractivity contribution in [1.82, 2.24) is 0 Å². The number of alkyl halides is 2. The minimum Gasteiger partial charge on any atom is -0.206 e. The number of rotatable bonds is 1. The van der Waals surface area contributed by atoms with Gasteiger partial charge in [0, 0.05) is 11.8 Å². The lowest BCUT2D eigenvalue weighted by Gasteiger charge is -2.34. The third-order valence-electron chi connectivity index (χ3n) is 2.83. The number of thiol groups is 1. The van der Waals surface area contributed by atoms with Crippen LogP contribution < -0.4 is 0 Å². The van der Waals surface area contributed by atoms with Crippen molar-refractivity contribution >= 4 is 12.6 Å². The molecule has 0 aromatic rings. The van der Waals surface area contributed by atoms with Crippen molar-refractivity contribution in [1.29, 1.82) is 0 Å². The minimum atomic E-state index is -2.31. The summed E-state index contributed by atoms with van der Waals surface area (Å²) in [6.45, 7) is 0. The molecule has 10 heavy (non-hydrogen) atoms. The normalized spacial score (nSPS) is 48.9. The highest BCUT2D eigenvalue weighted by Gasteiger charge is 2.75. The highest BCUT2D eigenvalue weighted by Crippen LogP contribution is 2.72. The maximum Gasteiger partial charge on any atom is 0.254 e. The van der Waals surface area contributed by atoms with Gasteiger partial charge in [-0.2, -0.15) is 12.6 Å². The molecule has 2 aliphatic carbocycles. The van der Waals surface area contributed by atoms with E-state index in [0.717, 1.165) is 5.75 Å². The average Bonchev–Trinajstić information content (AvgIpc) is 2.30. The first-order valence-electron chi connectivity index (χ1n) is 3.58. The molecule has 0 unspecified atom stereocenters. The third kappa shape index (κ3) is 0.672. The fourth-order valence-electron chi connectivity index (χ4n) is 2.00. The fraction of sp³-hybridized carbons (Fsp3) is 1.00. The molecule has 0 aromatic carbocycles. The van der Waals surface area contributed by atoms with Crippen molar-refractivity contribution < 1.29 is 8.78 Å². The Morgan fingerprint density at radius 2 is 1.90 bits per heavy atom. The van der Waals surface area contributed by atoms with Crippen molar-refractivity contribution in [2.75, 3.05) is 5.75 Å². The van der Waals surface area contributed by atoms with E-state index in [1.54, 1.807) is 0 Å². The maximum absolute atomic E-state index is 12.5. The monoisotopic (exact) mass is 164 g/mol. The van der Waals surface area contributed by atoms with Gasteiger partial charge in [0.1, 0.15) is 0 Å². The van der Waals surface area contributed by atoms with Gasteiger partial charge >= 0.3 is 0 Å². The first-order chi connectivity index (χ1) is 4.60. The lowest BCUT2D eigenvalue weighted by atomic mass is 9.72. The molecule has 0 amide bonds. The van der Waals surface area contributed by atoms with Crippen molar-refractivity contribution in [2.24, 2.45) is 11.3 Å². The molecule has 0 atom stereocenters. The average molecular weight is 164 g/mol. The van der Waals surface area contributed by atoms with Gasteiger partial charge in [-0.25, -0.2) is 8.78 Å². The summed E-state index contributed by atoms with van der Waals surface area (Å²) in [5.41, 5.74) is -0.541. The zero-order valence-electron chi connectivity index (χ0n) is 5.61. The Bertz CT molecular complexity index is 161. The molecule has 58 valence electrons. The van der Waals surface area contributed by atoms with Crippen LogP contribution in [0.4, 0.5) is 8.78 Å². The second-order valence-corrected chi connectivity index (χ2v) is 3.98. The van der Waals surface area contributed by atoms with Crippen LogP contribution in [0, 0.1) is 11.3 Å². The van der Waals surface area contributed by atoms with Crippen LogP contribution in [0.5, 0.6) is 0 Å². The number of halogens is 2. The lowest BCUT2D eigenvalue weighted by Crippen LogP contribution is -2.31. The molecule has 0 nitrogen and oxygen atoms in total. The first-order valence-corrected chi connectivity index (χ1v) is 4.22. The second kappa shape index (κ2) is 1.68. The van der Waals surface area contributed by atoms with Gasteiger partial charge in [-0.15, -0.1) is 0 Å². The van der Waals surface area contributed by atoms with E-state index in [4.69, 9.17) is 0 Å². The molecule has 0 heterocycles. The largest absolute Gasteiger partial charge is 0.254 e. The summed E-state index contributed by atoms with van der Waals surface area (Å²) in [6, 6.07) is 0. The van der Waals surface area contributed by atoms with Crippen LogP contribution in [0.25, 0.3) is 0 Å². The molecular weight excluding hydrogens is 154 g/mol. The van der Waals surface area contributed by atoms with Gasteiger partial charge in [0.2, 0.25) is 0 Å². The van der Waals surface area contributed by atoms with Gasteiger partial charge in [0.25, 0.3) is 5.92 Å². The van der Waals surface area contributed by atoms with Crippen molar-refractivity contribution in [3.8, 4) is 0 Å². The van der Waals surface area contributed by atoms with Gasteiger partial charge in [-0.05, 0) is 24.5 Å². The Balaban J connectivity index is 1.92. The summed E-state index contributed by atoms with van der Waals surface area (Å²) >= 11 is 4.06. The maximum atomic E-state index is 12.5. The SMILES string of the molecule is FC1(F)CC12CC(CS)C2. The van der Waals surface area contributed by atoms with E-state index in [-0.39, 0.29) is 6.42 Å². The van der Waals surface area contributed by atoms with E-state index in [9.17, 15) is 8.78 Å². The minimum absolute atomic E-state index is 0.143. The summed E-state index contributed by atoms with van der Waals surface area (Å²) in [4.78, 5) is 0. The van der Waals surface area contributed by atoms with Crippen molar-refractivity contribution in [2.45, 2.75) is 25.2 Å². The molecule has 0 bridgehead atoms. The van der Waals surface area contributed by atoms with E-state index < -0.39 is 11.3 Å². The smallest absolute Gasteiger partial charge is 0.206 e. The van der Waals surface area contributed by atoms with Gasteiger partial charge in [-0.3, -0.25) is 0 Å². The predicted octanol–water partition coefficient (Wildman–Crippen LogP) is 2.35. The summed E-state index contributed by atoms with van der Waals surface area (Å²) in [5, 5.41) is 0. The van der Waals surface area contributed by atoms with Crippen molar-refractivity contribution in [3.63, 3.8) is 0 Å². The predicted molar refractivity (Wildman–Crippen MR) is 38.6 cm³/mol. The molecular formula is C7H10F2S. The number of hydrogen-bond donors (Lipinski definition) is 1. The van der Waals surface area contributed by atoms with E-state index in [0.29, 0.717) is 18.8 Å². The lowest BCUT2D eigenvalue weighted by molar-refractivity contribution is 0.00796. The zero-order valence-corrected chi connectivity index (χ0v) is 6.50. The Kier molecular flexibility index (Phi) is 1.16. The zero-order chi connectivity index (χ0) is 7.41. The molecule has 2 fully saturated rings. The van der Waals surface area contributed by atoms with Gasteiger partial charge in [0.15, 0.2) is 0 Å². The van der Waals surface area contributed by atoms with Crippen LogP contribution in [0.1, 0.15) is 19.3 Å². The van der Waals surface area contributed by atoms with Crippen LogP contribution in [-0.4, -0.2) is 11.7 Å². The summed E-state index contributed by atoms with van der Waals surface area (Å²) in [6.07, 6.45) is 1.57. The van der Waals surface area contributed by atoms with E-state index >= 15 is 0 Å². The summed E-state index contributed by atoms with van der Waals surface area (Å²) in [5.74, 6) is -1.07. The van der Waals surface area contributed by atoms with Crippen molar-refractivity contribution in [3.05, 3.63) is 0 Å². The summed E-state index contributed by atoms with van der Waals surface area (Å²) in [7, 11) is 0. The third-order valence-corrected chi connectivity index (χ3v) is 3.34. The topological polar surface area (TPSA) is 0 Å². The van der Waals surface area contributed by atoms with E-state index in [1.807, 2.05) is 0 Å². The Hall–Kier alpha value is 0.210. The molecule has 3 heteroatoms. The van der Waals surface area contributed by atoms with Gasteiger partial charge in [-0.1, -0.05) is 0 Å². The molecule has 2 rings (SSSR count). The summed E-state index contributed by atoms with van der Waals surface area (Å²) < 4.78 is 25.0. The highest BCUT2D eigenvalue weighted by atomic mass is 32.1. The highest BCUT2D eigenvalue weighted by molar-refractivity contribution is 7.80. The quantitative estimate of drug-likeness (QED) is 0.565. The molecule has 0 saturated heterocycles. The molecule has 0 radical (unpaired) electrons. The fourth-order valence-corrected chi connectivity index (χ4v) is 2.26. The second-order valence-electron chi connectivity index (χ2n) is 3.62. The van der Waals surface area contributed by atoms with Crippen LogP contribution >= 0.6 is 12.6 Å². The van der Waals surface area contributed by atoms with Gasteiger partial charge < -0.3 is 0 Å². The molecule has 2 aliphatic rings. The Labute approximate surface area is 64.4 Å². The molecule has 1 spiro atoms. The number of hydrogen-bond acceptors (Lipinski definition) is 1. The van der Waals surface area contributed by atoms with E-state index in [2.05, 4.69) is 12.6 Å². The van der Waals surface area contributed by atoms with Crippen LogP contribution in [0.15, 0.2) is 0 Å². The Morgan fingerprint density at radius 1 is 1.40 bits per heavy atom. The standard InChI is InChI=1S/C7H10F2S/c8-7(9)4-6(7)1-5(2-6)3-10/h5,10H,1-4H2. The van der Waals surface area contributed by atoms with Gasteiger partial charge in [0.05, 0.1) is 0 Å². The molecule has 0 aliphatic heterocycles. The van der Waals surface area contributed by atoms with Crippen LogP contribution in [-0.2, 0) is 0 Å². The first kappa shape index (κ1) is 6.89. The molecule has 2 saturated carbocycles. The van der Waals surface area contributed by atoms with Crippen LogP contribution in [0.3, 0.4) is 0 Å². The van der Waals surface area contributed by atoms with Crippen LogP contribution in [0.2, 0.25) is 0 Å². The Morgan fingerprint density at radius 3 is 2.20 bits per heavy atom. The van der Waals surface area contributed by atoms with E-state index in [1.165, 1.54) is 0 Å². The molecule has 0 N–H and O–H groups in total. The molecule has 0 aromatic heterocycles.